The third kappa shape index (κ3) is 3.03. The van der Waals surface area contributed by atoms with Crippen LogP contribution in [0.5, 0.6) is 0 Å². The monoisotopic (exact) mass is 269 g/mol. The minimum atomic E-state index is -0.192. The summed E-state index contributed by atoms with van der Waals surface area (Å²) in [5.74, 6) is 0.410. The van der Waals surface area contributed by atoms with Crippen LogP contribution in [0.15, 0.2) is 28.7 Å². The number of aliphatic hydroxyl groups is 1. The molecule has 1 heterocycles. The fourth-order valence-electron chi connectivity index (χ4n) is 2.06. The van der Waals surface area contributed by atoms with E-state index in [1.54, 1.807) is 0 Å². The number of benzene rings is 1. The van der Waals surface area contributed by atoms with E-state index in [9.17, 15) is 5.11 Å². The first-order valence-electron chi connectivity index (χ1n) is 5.39. The van der Waals surface area contributed by atoms with Crippen LogP contribution in [0, 0.1) is 5.92 Å². The fraction of sp³-hybridized carbons (Fsp3) is 0.500. The first-order chi connectivity index (χ1) is 7.25. The van der Waals surface area contributed by atoms with Crippen molar-refractivity contribution >= 4 is 15.9 Å². The Bertz CT molecular complexity index is 312. The molecule has 1 aromatic rings. The first-order valence-corrected chi connectivity index (χ1v) is 6.18. The number of hydrogen-bond acceptors (Lipinski definition) is 2. The molecule has 1 saturated heterocycles. The zero-order chi connectivity index (χ0) is 10.7. The summed E-state index contributed by atoms with van der Waals surface area (Å²) < 4.78 is 1.11. The number of nitrogens with one attached hydrogen (secondary N) is 1. The normalized spacial score (nSPS) is 26.5. The Balaban J connectivity index is 1.98. The maximum atomic E-state index is 9.81. The molecule has 0 aliphatic carbocycles. The third-order valence-electron chi connectivity index (χ3n) is 3.00. The van der Waals surface area contributed by atoms with Gasteiger partial charge in [-0.2, -0.15) is 0 Å². The molecule has 0 saturated carbocycles. The molecule has 3 heteroatoms. The van der Waals surface area contributed by atoms with Gasteiger partial charge < -0.3 is 10.4 Å². The molecule has 2 unspecified atom stereocenters. The third-order valence-corrected chi connectivity index (χ3v) is 3.53. The standard InChI is InChI=1S/C12H16BrNO/c13-11-3-1-9(2-4-11)7-10-5-6-14-8-12(10)15/h1-4,10,12,14-15H,5-8H2. The van der Waals surface area contributed by atoms with Crippen molar-refractivity contribution in [3.8, 4) is 0 Å². The van der Waals surface area contributed by atoms with Gasteiger partial charge in [0.2, 0.25) is 0 Å². The van der Waals surface area contributed by atoms with Crippen LogP contribution in [0.2, 0.25) is 0 Å². The molecule has 15 heavy (non-hydrogen) atoms. The summed E-state index contributed by atoms with van der Waals surface area (Å²) in [5.41, 5.74) is 1.31. The molecule has 2 nitrogen and oxygen atoms in total. The summed E-state index contributed by atoms with van der Waals surface area (Å²) >= 11 is 3.42. The van der Waals surface area contributed by atoms with Crippen LogP contribution in [0.25, 0.3) is 0 Å². The van der Waals surface area contributed by atoms with E-state index in [2.05, 4.69) is 45.5 Å². The second-order valence-electron chi connectivity index (χ2n) is 4.15. The van der Waals surface area contributed by atoms with E-state index in [-0.39, 0.29) is 6.10 Å². The summed E-state index contributed by atoms with van der Waals surface area (Å²) in [6.07, 6.45) is 1.86. The van der Waals surface area contributed by atoms with Gasteiger partial charge in [0, 0.05) is 11.0 Å². The molecule has 1 aliphatic heterocycles. The summed E-state index contributed by atoms with van der Waals surface area (Å²) in [6, 6.07) is 8.36. The smallest absolute Gasteiger partial charge is 0.0696 e. The maximum absolute atomic E-state index is 9.81. The van der Waals surface area contributed by atoms with Gasteiger partial charge in [0.1, 0.15) is 0 Å². The molecule has 2 rings (SSSR count). The van der Waals surface area contributed by atoms with Crippen molar-refractivity contribution in [3.05, 3.63) is 34.3 Å². The van der Waals surface area contributed by atoms with Crippen molar-refractivity contribution in [1.82, 2.24) is 5.32 Å². The van der Waals surface area contributed by atoms with Crippen molar-refractivity contribution in [2.45, 2.75) is 18.9 Å². The number of β-amino-alcohol motifs (C(OH)–C–C–N with tert-alkyl or cyclic N) is 1. The second kappa shape index (κ2) is 5.10. The minimum absolute atomic E-state index is 0.192. The highest BCUT2D eigenvalue weighted by Gasteiger charge is 2.22. The predicted octanol–water partition coefficient (Wildman–Crippen LogP) is 1.96. The Morgan fingerprint density at radius 3 is 2.73 bits per heavy atom. The van der Waals surface area contributed by atoms with Gasteiger partial charge in [-0.1, -0.05) is 28.1 Å². The highest BCUT2D eigenvalue weighted by Crippen LogP contribution is 2.20. The molecule has 1 fully saturated rings. The predicted molar refractivity (Wildman–Crippen MR) is 64.8 cm³/mol. The number of halogens is 1. The summed E-state index contributed by atoms with van der Waals surface area (Å²) in [7, 11) is 0. The number of rotatable bonds is 2. The van der Waals surface area contributed by atoms with E-state index in [4.69, 9.17) is 0 Å². The largest absolute Gasteiger partial charge is 0.392 e. The Morgan fingerprint density at radius 1 is 1.33 bits per heavy atom. The molecular formula is C12H16BrNO. The fourth-order valence-corrected chi connectivity index (χ4v) is 2.32. The molecule has 0 spiro atoms. The van der Waals surface area contributed by atoms with Crippen LogP contribution in [-0.4, -0.2) is 24.3 Å². The lowest BCUT2D eigenvalue weighted by Crippen LogP contribution is -2.41. The summed E-state index contributed by atoms with van der Waals surface area (Å²) in [6.45, 7) is 1.76. The SMILES string of the molecule is OC1CNCCC1Cc1ccc(Br)cc1. The summed E-state index contributed by atoms with van der Waals surface area (Å²) in [4.78, 5) is 0. The van der Waals surface area contributed by atoms with E-state index >= 15 is 0 Å². The number of aliphatic hydroxyl groups excluding tert-OH is 1. The zero-order valence-electron chi connectivity index (χ0n) is 8.62. The Hall–Kier alpha value is -0.380. The van der Waals surface area contributed by atoms with Gasteiger partial charge in [0.25, 0.3) is 0 Å². The molecule has 82 valence electrons. The van der Waals surface area contributed by atoms with Crippen molar-refractivity contribution in [2.24, 2.45) is 5.92 Å². The number of piperidine rings is 1. The van der Waals surface area contributed by atoms with Gasteiger partial charge >= 0.3 is 0 Å². The van der Waals surface area contributed by atoms with Crippen molar-refractivity contribution in [1.29, 1.82) is 0 Å². The Kier molecular flexibility index (Phi) is 3.78. The molecule has 0 amide bonds. The molecule has 0 radical (unpaired) electrons. The zero-order valence-corrected chi connectivity index (χ0v) is 10.2. The Morgan fingerprint density at radius 2 is 2.07 bits per heavy atom. The van der Waals surface area contributed by atoms with E-state index in [1.165, 1.54) is 5.56 Å². The average Bonchev–Trinajstić information content (AvgIpc) is 2.25. The van der Waals surface area contributed by atoms with E-state index < -0.39 is 0 Å². The van der Waals surface area contributed by atoms with Crippen LogP contribution in [0.3, 0.4) is 0 Å². The Labute approximate surface area is 98.8 Å². The van der Waals surface area contributed by atoms with Gasteiger partial charge in [-0.3, -0.25) is 0 Å². The van der Waals surface area contributed by atoms with Gasteiger partial charge in [0.15, 0.2) is 0 Å². The average molecular weight is 270 g/mol. The van der Waals surface area contributed by atoms with Gasteiger partial charge in [-0.15, -0.1) is 0 Å². The van der Waals surface area contributed by atoms with Crippen LogP contribution < -0.4 is 5.32 Å². The van der Waals surface area contributed by atoms with Crippen molar-refractivity contribution in [3.63, 3.8) is 0 Å². The molecule has 2 atom stereocenters. The van der Waals surface area contributed by atoms with E-state index in [1.807, 2.05) is 0 Å². The first kappa shape index (κ1) is 11.1. The van der Waals surface area contributed by atoms with Gasteiger partial charge in [-0.25, -0.2) is 0 Å². The topological polar surface area (TPSA) is 32.3 Å². The second-order valence-corrected chi connectivity index (χ2v) is 5.07. The number of hydrogen-bond donors (Lipinski definition) is 2. The maximum Gasteiger partial charge on any atom is 0.0696 e. The molecule has 1 aromatic carbocycles. The summed E-state index contributed by atoms with van der Waals surface area (Å²) in [5, 5.41) is 13.0. The van der Waals surface area contributed by atoms with Crippen LogP contribution in [0.1, 0.15) is 12.0 Å². The highest BCUT2D eigenvalue weighted by molar-refractivity contribution is 9.10. The molecule has 0 bridgehead atoms. The van der Waals surface area contributed by atoms with Crippen LogP contribution in [0.4, 0.5) is 0 Å². The van der Waals surface area contributed by atoms with E-state index in [0.717, 1.165) is 30.4 Å². The molecule has 1 aliphatic rings. The van der Waals surface area contributed by atoms with E-state index in [0.29, 0.717) is 5.92 Å². The van der Waals surface area contributed by atoms with Crippen LogP contribution in [-0.2, 0) is 6.42 Å². The van der Waals surface area contributed by atoms with Crippen molar-refractivity contribution < 1.29 is 5.11 Å². The molecule has 2 N–H and O–H groups in total. The minimum Gasteiger partial charge on any atom is -0.392 e. The van der Waals surface area contributed by atoms with Gasteiger partial charge in [0.05, 0.1) is 6.10 Å². The van der Waals surface area contributed by atoms with Gasteiger partial charge in [-0.05, 0) is 43.0 Å². The lowest BCUT2D eigenvalue weighted by atomic mass is 9.89. The lowest BCUT2D eigenvalue weighted by molar-refractivity contribution is 0.0820. The van der Waals surface area contributed by atoms with Crippen LogP contribution >= 0.6 is 15.9 Å². The molecule has 0 aromatic heterocycles. The quantitative estimate of drug-likeness (QED) is 0.861. The van der Waals surface area contributed by atoms with Crippen molar-refractivity contribution in [2.75, 3.05) is 13.1 Å². The highest BCUT2D eigenvalue weighted by atomic mass is 79.9. The molecular weight excluding hydrogens is 254 g/mol. The lowest BCUT2D eigenvalue weighted by Gasteiger charge is -2.28.